The van der Waals surface area contributed by atoms with Crippen molar-refractivity contribution in [1.82, 2.24) is 4.57 Å². The van der Waals surface area contributed by atoms with E-state index in [0.717, 1.165) is 0 Å². The smallest absolute Gasteiger partial charge is 0.234 e. The number of hydrogen-bond donors (Lipinski definition) is 0. The van der Waals surface area contributed by atoms with Crippen LogP contribution in [0, 0.1) is 0 Å². The summed E-state index contributed by atoms with van der Waals surface area (Å²) in [6.07, 6.45) is 44.6. The maximum atomic E-state index is 2.59. The van der Waals surface area contributed by atoms with E-state index in [9.17, 15) is 0 Å². The summed E-state index contributed by atoms with van der Waals surface area (Å²) in [5, 5.41) is 0. The Morgan fingerprint density at radius 2 is 0.816 bits per heavy atom. The van der Waals surface area contributed by atoms with Crippen molar-refractivity contribution in [3.63, 3.8) is 0 Å². The minimum Gasteiger partial charge on any atom is -0.234 e. The molecule has 0 saturated heterocycles. The molecule has 1 rings (SSSR count). The lowest BCUT2D eigenvalue weighted by Crippen LogP contribution is -2.37. The van der Waals surface area contributed by atoms with E-state index in [-0.39, 0.29) is 0 Å². The minimum atomic E-state index is 1.18. The molecule has 0 bridgehead atoms. The van der Waals surface area contributed by atoms with Crippen molar-refractivity contribution in [3.05, 3.63) is 18.2 Å². The molecule has 1 aromatic heterocycles. The lowest BCUT2D eigenvalue weighted by molar-refractivity contribution is -0.703. The lowest BCUT2D eigenvalue weighted by Gasteiger charge is -2.06. The fraction of sp³-hybridized carbons (Fsp3) is 0.917. The molecule has 0 N–H and O–H groups in total. The van der Waals surface area contributed by atoms with Gasteiger partial charge in [0.25, 0.3) is 5.82 Å². The maximum absolute atomic E-state index is 2.59. The van der Waals surface area contributed by atoms with Gasteiger partial charge in [-0.25, -0.2) is 9.13 Å². The van der Waals surface area contributed by atoms with E-state index < -0.39 is 0 Å². The zero-order valence-corrected chi connectivity index (χ0v) is 26.8. The second-order valence-corrected chi connectivity index (χ2v) is 12.3. The number of rotatable bonds is 30. The summed E-state index contributed by atoms with van der Waals surface area (Å²) in [4.78, 5) is 0. The van der Waals surface area contributed by atoms with Gasteiger partial charge in [-0.1, -0.05) is 168 Å². The van der Waals surface area contributed by atoms with Gasteiger partial charge in [0.1, 0.15) is 12.4 Å². The minimum absolute atomic E-state index is 1.18. The van der Waals surface area contributed by atoms with Gasteiger partial charge in [-0.2, -0.15) is 0 Å². The molecule has 0 fully saturated rings. The fourth-order valence-corrected chi connectivity index (χ4v) is 6.03. The summed E-state index contributed by atoms with van der Waals surface area (Å²) in [7, 11) is 0. The Hall–Kier alpha value is -0.790. The van der Waals surface area contributed by atoms with E-state index in [0.29, 0.717) is 0 Å². The van der Waals surface area contributed by atoms with Crippen LogP contribution in [0.3, 0.4) is 0 Å². The Bertz CT molecular complexity index is 590. The van der Waals surface area contributed by atoms with E-state index >= 15 is 0 Å². The second-order valence-electron chi connectivity index (χ2n) is 12.3. The van der Waals surface area contributed by atoms with Gasteiger partial charge in [0, 0.05) is 6.42 Å². The number of imidazole rings is 1. The molecule has 0 aliphatic rings. The van der Waals surface area contributed by atoms with Crippen molar-refractivity contribution in [2.75, 3.05) is 0 Å². The van der Waals surface area contributed by atoms with E-state index in [2.05, 4.69) is 42.3 Å². The third-order valence-corrected chi connectivity index (χ3v) is 8.56. The summed E-state index contributed by atoms with van der Waals surface area (Å²) in [6.45, 7) is 9.33. The topological polar surface area (TPSA) is 8.81 Å². The highest BCUT2D eigenvalue weighted by Crippen LogP contribution is 2.15. The predicted octanol–water partition coefficient (Wildman–Crippen LogP) is 11.9. The Morgan fingerprint density at radius 1 is 0.447 bits per heavy atom. The first-order chi connectivity index (χ1) is 18.8. The van der Waals surface area contributed by atoms with Crippen LogP contribution in [0.4, 0.5) is 0 Å². The van der Waals surface area contributed by atoms with Crippen LogP contribution in [0.1, 0.15) is 200 Å². The summed E-state index contributed by atoms with van der Waals surface area (Å²) in [6, 6.07) is 0. The molecule has 0 aliphatic heterocycles. The van der Waals surface area contributed by atoms with E-state index in [1.54, 1.807) is 5.82 Å². The first-order valence-electron chi connectivity index (χ1n) is 17.9. The van der Waals surface area contributed by atoms with Crippen molar-refractivity contribution in [2.45, 2.75) is 214 Å². The van der Waals surface area contributed by atoms with Crippen molar-refractivity contribution in [1.29, 1.82) is 0 Å². The van der Waals surface area contributed by atoms with Crippen LogP contribution < -0.4 is 4.57 Å². The van der Waals surface area contributed by atoms with Gasteiger partial charge in [-0.3, -0.25) is 0 Å². The highest BCUT2D eigenvalue weighted by Gasteiger charge is 2.15. The predicted molar refractivity (Wildman–Crippen MR) is 170 cm³/mol. The molecular formula is C36H71N2+. The highest BCUT2D eigenvalue weighted by atomic mass is 15.1. The van der Waals surface area contributed by atoms with Gasteiger partial charge in [0.2, 0.25) is 0 Å². The van der Waals surface area contributed by atoms with Gasteiger partial charge in [0.05, 0.1) is 13.1 Å². The van der Waals surface area contributed by atoms with Crippen LogP contribution in [0.15, 0.2) is 12.4 Å². The first-order valence-corrected chi connectivity index (χ1v) is 17.9. The zero-order chi connectivity index (χ0) is 27.4. The van der Waals surface area contributed by atoms with Crippen molar-refractivity contribution >= 4 is 0 Å². The van der Waals surface area contributed by atoms with Crippen LogP contribution in [-0.2, 0) is 19.5 Å². The number of hydrogen-bond acceptors (Lipinski definition) is 0. The van der Waals surface area contributed by atoms with Gasteiger partial charge < -0.3 is 0 Å². The molecule has 0 atom stereocenters. The Labute approximate surface area is 240 Å². The average molecular weight is 532 g/mol. The van der Waals surface area contributed by atoms with Crippen molar-refractivity contribution < 1.29 is 4.57 Å². The van der Waals surface area contributed by atoms with Crippen LogP contribution in [0.5, 0.6) is 0 Å². The third-order valence-electron chi connectivity index (χ3n) is 8.56. The number of aromatic nitrogens is 2. The summed E-state index contributed by atoms with van der Waals surface area (Å²) in [5.74, 6) is 1.59. The molecular weight excluding hydrogens is 460 g/mol. The standard InChI is InChI=1S/C36H71N2/c1-4-7-9-11-13-15-16-17-18-19-20-21-22-23-25-27-29-31-36-37(32-6-3)34-35-38(36)33-30-28-26-24-14-12-10-8-5-2/h34-35H,4-33H2,1-3H3/q+1. The quantitative estimate of drug-likeness (QED) is 0.0689. The SMILES string of the molecule is CCCCCCCCCCCCCCCCCCCc1n(CCCCCCCCCCC)cc[n+]1CCC. The molecule has 1 aromatic rings. The molecule has 2 nitrogen and oxygen atoms in total. The third kappa shape index (κ3) is 20.2. The van der Waals surface area contributed by atoms with Crippen LogP contribution in [0.2, 0.25) is 0 Å². The number of nitrogens with zero attached hydrogens (tertiary/aromatic N) is 2. The Balaban J connectivity index is 2.03. The van der Waals surface area contributed by atoms with Crippen LogP contribution in [-0.4, -0.2) is 4.57 Å². The molecule has 0 radical (unpaired) electrons. The Morgan fingerprint density at radius 3 is 1.21 bits per heavy atom. The second kappa shape index (κ2) is 27.8. The maximum Gasteiger partial charge on any atom is 0.256 e. The number of aryl methyl sites for hydroxylation is 2. The highest BCUT2D eigenvalue weighted by molar-refractivity contribution is 4.84. The molecule has 0 aromatic carbocycles. The van der Waals surface area contributed by atoms with Gasteiger partial charge >= 0.3 is 0 Å². The molecule has 0 spiro atoms. The first kappa shape index (κ1) is 35.2. The van der Waals surface area contributed by atoms with Gasteiger partial charge in [-0.15, -0.1) is 0 Å². The molecule has 224 valence electrons. The molecule has 38 heavy (non-hydrogen) atoms. The molecule has 2 heteroatoms. The summed E-state index contributed by atoms with van der Waals surface area (Å²) < 4.78 is 5.13. The van der Waals surface area contributed by atoms with E-state index in [4.69, 9.17) is 0 Å². The van der Waals surface area contributed by atoms with Gasteiger partial charge in [0.15, 0.2) is 0 Å². The lowest BCUT2D eigenvalue weighted by atomic mass is 10.0. The summed E-state index contributed by atoms with van der Waals surface area (Å²) >= 11 is 0. The van der Waals surface area contributed by atoms with Crippen LogP contribution in [0.25, 0.3) is 0 Å². The molecule has 0 aliphatic carbocycles. The molecule has 0 saturated carbocycles. The van der Waals surface area contributed by atoms with E-state index in [1.807, 2.05) is 0 Å². The molecule has 0 unspecified atom stereocenters. The fourth-order valence-electron chi connectivity index (χ4n) is 6.03. The average Bonchev–Trinajstić information content (AvgIpc) is 3.30. The monoisotopic (exact) mass is 532 g/mol. The zero-order valence-electron chi connectivity index (χ0n) is 26.8. The molecule has 1 heterocycles. The Kier molecular flexibility index (Phi) is 25.7. The van der Waals surface area contributed by atoms with E-state index in [1.165, 1.54) is 193 Å². The largest absolute Gasteiger partial charge is 0.256 e. The number of unbranched alkanes of at least 4 members (excludes halogenated alkanes) is 24. The van der Waals surface area contributed by atoms with Gasteiger partial charge in [-0.05, 0) is 25.7 Å². The molecule has 0 amide bonds. The van der Waals surface area contributed by atoms with Crippen molar-refractivity contribution in [2.24, 2.45) is 0 Å². The van der Waals surface area contributed by atoms with Crippen LogP contribution >= 0.6 is 0 Å². The van der Waals surface area contributed by atoms with Crippen molar-refractivity contribution in [3.8, 4) is 0 Å². The summed E-state index contributed by atoms with van der Waals surface area (Å²) in [5.41, 5.74) is 0. The normalized spacial score (nSPS) is 11.6.